The first-order chi connectivity index (χ1) is 15.8. The predicted molar refractivity (Wildman–Crippen MR) is 134 cm³/mol. The van der Waals surface area contributed by atoms with Gasteiger partial charge in [-0.15, -0.1) is 0 Å². The maximum atomic E-state index is 13.1. The Morgan fingerprint density at radius 1 is 1.12 bits per heavy atom. The topological polar surface area (TPSA) is 87.5 Å². The van der Waals surface area contributed by atoms with E-state index in [1.54, 1.807) is 29.2 Å². The largest absolute Gasteiger partial charge is 0.351 e. The van der Waals surface area contributed by atoms with Crippen LogP contribution in [0, 0.1) is 0 Å². The Bertz CT molecular complexity index is 977. The second-order valence-electron chi connectivity index (χ2n) is 7.95. The van der Waals surface area contributed by atoms with Gasteiger partial charge in [-0.1, -0.05) is 46.9 Å². The second-order valence-corrected chi connectivity index (χ2v) is 9.26. The molecular formula is C24H27Cl3N4O2. The van der Waals surface area contributed by atoms with Crippen LogP contribution >= 0.6 is 34.8 Å². The Labute approximate surface area is 209 Å². The molecule has 1 fully saturated rings. The average molecular weight is 510 g/mol. The Balaban J connectivity index is 1.60. The van der Waals surface area contributed by atoms with Crippen molar-refractivity contribution >= 4 is 52.7 Å². The molecule has 2 aromatic rings. The van der Waals surface area contributed by atoms with Crippen LogP contribution < -0.4 is 16.4 Å². The molecule has 4 N–H and O–H groups in total. The minimum absolute atomic E-state index is 0.0204. The van der Waals surface area contributed by atoms with E-state index in [-0.39, 0.29) is 17.9 Å². The van der Waals surface area contributed by atoms with Gasteiger partial charge in [0.05, 0.1) is 6.04 Å². The standard InChI is InChI=1S/C24H27Cl3N4O2/c25-18-4-1-16(2-5-18)3-6-23(32)29-14-21-8-10-31(24(33)22(30-21)7-9-28)15-17-11-19(26)13-20(27)12-17/h1-6,11-13,21-22,30H,7-10,14-15,28H2,(H,29,32). The van der Waals surface area contributed by atoms with Crippen molar-refractivity contribution < 1.29 is 9.59 Å². The van der Waals surface area contributed by atoms with Crippen LogP contribution in [-0.4, -0.2) is 48.4 Å². The molecule has 1 aliphatic heterocycles. The third kappa shape index (κ3) is 8.02. The molecule has 1 saturated heterocycles. The van der Waals surface area contributed by atoms with E-state index in [0.29, 0.717) is 54.1 Å². The Hall–Kier alpha value is -2.09. The Kier molecular flexibility index (Phi) is 9.59. The fourth-order valence-electron chi connectivity index (χ4n) is 3.72. The first-order valence-corrected chi connectivity index (χ1v) is 11.9. The second kappa shape index (κ2) is 12.4. The van der Waals surface area contributed by atoms with E-state index in [0.717, 1.165) is 11.1 Å². The number of rotatable bonds is 8. The fourth-order valence-corrected chi connectivity index (χ4v) is 4.42. The Morgan fingerprint density at radius 2 is 1.82 bits per heavy atom. The molecule has 2 atom stereocenters. The molecule has 1 heterocycles. The minimum Gasteiger partial charge on any atom is -0.351 e. The fraction of sp³-hybridized carbons (Fsp3) is 0.333. The van der Waals surface area contributed by atoms with Gasteiger partial charge in [-0.25, -0.2) is 0 Å². The number of nitrogens with zero attached hydrogens (tertiary/aromatic N) is 1. The molecule has 0 bridgehead atoms. The number of carbonyl (C=O) groups excluding carboxylic acids is 2. The van der Waals surface area contributed by atoms with Crippen molar-refractivity contribution in [2.24, 2.45) is 5.73 Å². The number of hydrogen-bond donors (Lipinski definition) is 3. The van der Waals surface area contributed by atoms with Gasteiger partial charge in [0.2, 0.25) is 11.8 Å². The molecule has 2 aromatic carbocycles. The van der Waals surface area contributed by atoms with Gasteiger partial charge >= 0.3 is 0 Å². The third-order valence-electron chi connectivity index (χ3n) is 5.37. The van der Waals surface area contributed by atoms with E-state index in [4.69, 9.17) is 40.5 Å². The van der Waals surface area contributed by atoms with Crippen molar-refractivity contribution in [1.29, 1.82) is 0 Å². The van der Waals surface area contributed by atoms with Crippen LogP contribution in [0.25, 0.3) is 6.08 Å². The van der Waals surface area contributed by atoms with Gasteiger partial charge < -0.3 is 21.3 Å². The molecule has 6 nitrogen and oxygen atoms in total. The summed E-state index contributed by atoms with van der Waals surface area (Å²) in [5.74, 6) is -0.226. The van der Waals surface area contributed by atoms with Gasteiger partial charge in [0.25, 0.3) is 0 Å². The van der Waals surface area contributed by atoms with Crippen LogP contribution in [-0.2, 0) is 16.1 Å². The molecular weight excluding hydrogens is 483 g/mol. The molecule has 0 spiro atoms. The summed E-state index contributed by atoms with van der Waals surface area (Å²) in [7, 11) is 0. The maximum Gasteiger partial charge on any atom is 0.244 e. The number of halogens is 3. The highest BCUT2D eigenvalue weighted by molar-refractivity contribution is 6.34. The van der Waals surface area contributed by atoms with E-state index in [2.05, 4.69) is 10.6 Å². The molecule has 3 rings (SSSR count). The highest BCUT2D eigenvalue weighted by Crippen LogP contribution is 2.21. The zero-order chi connectivity index (χ0) is 23.8. The summed E-state index contributed by atoms with van der Waals surface area (Å²) in [4.78, 5) is 27.2. The summed E-state index contributed by atoms with van der Waals surface area (Å²) in [6.45, 7) is 1.72. The zero-order valence-corrected chi connectivity index (χ0v) is 20.3. The predicted octanol–water partition coefficient (Wildman–Crippen LogP) is 3.88. The lowest BCUT2D eigenvalue weighted by atomic mass is 10.1. The van der Waals surface area contributed by atoms with Crippen molar-refractivity contribution in [2.75, 3.05) is 19.6 Å². The number of nitrogens with two attached hydrogens (primary N) is 1. The van der Waals surface area contributed by atoms with E-state index in [9.17, 15) is 9.59 Å². The summed E-state index contributed by atoms with van der Waals surface area (Å²) < 4.78 is 0. The lowest BCUT2D eigenvalue weighted by Gasteiger charge is -2.24. The number of nitrogens with one attached hydrogen (secondary N) is 2. The van der Waals surface area contributed by atoms with Gasteiger partial charge in [0.15, 0.2) is 0 Å². The molecule has 0 radical (unpaired) electrons. The van der Waals surface area contributed by atoms with E-state index in [1.165, 1.54) is 6.08 Å². The van der Waals surface area contributed by atoms with Crippen LogP contribution in [0.5, 0.6) is 0 Å². The molecule has 1 aliphatic rings. The van der Waals surface area contributed by atoms with Crippen molar-refractivity contribution in [3.8, 4) is 0 Å². The zero-order valence-electron chi connectivity index (χ0n) is 18.1. The SMILES string of the molecule is NCCC1NC(CNC(=O)C=Cc2ccc(Cl)cc2)CCN(Cc2cc(Cl)cc(Cl)c2)C1=O. The lowest BCUT2D eigenvalue weighted by Crippen LogP contribution is -2.49. The minimum atomic E-state index is -0.418. The summed E-state index contributed by atoms with van der Waals surface area (Å²) in [6.07, 6.45) is 4.40. The third-order valence-corrected chi connectivity index (χ3v) is 6.05. The molecule has 9 heteroatoms. The lowest BCUT2D eigenvalue weighted by molar-refractivity contribution is -0.133. The highest BCUT2D eigenvalue weighted by Gasteiger charge is 2.30. The molecule has 176 valence electrons. The summed E-state index contributed by atoms with van der Waals surface area (Å²) in [5, 5.41) is 7.98. The molecule has 2 amide bonds. The summed E-state index contributed by atoms with van der Waals surface area (Å²) >= 11 is 18.1. The number of amides is 2. The quantitative estimate of drug-likeness (QED) is 0.471. The summed E-state index contributed by atoms with van der Waals surface area (Å²) in [5.41, 5.74) is 7.50. The number of hydrogen-bond acceptors (Lipinski definition) is 4. The van der Waals surface area contributed by atoms with Gasteiger partial charge in [-0.05, 0) is 66.9 Å². The summed E-state index contributed by atoms with van der Waals surface area (Å²) in [6, 6.07) is 12.0. The van der Waals surface area contributed by atoms with Crippen LogP contribution in [0.15, 0.2) is 48.5 Å². The average Bonchev–Trinajstić information content (AvgIpc) is 2.91. The highest BCUT2D eigenvalue weighted by atomic mass is 35.5. The smallest absolute Gasteiger partial charge is 0.244 e. The number of benzene rings is 2. The first-order valence-electron chi connectivity index (χ1n) is 10.8. The van der Waals surface area contributed by atoms with Crippen LogP contribution in [0.3, 0.4) is 0 Å². The maximum absolute atomic E-state index is 13.1. The van der Waals surface area contributed by atoms with Gasteiger partial charge in [-0.2, -0.15) is 0 Å². The molecule has 0 aliphatic carbocycles. The first kappa shape index (κ1) is 25.5. The van der Waals surface area contributed by atoms with E-state index >= 15 is 0 Å². The van der Waals surface area contributed by atoms with E-state index in [1.807, 2.05) is 24.3 Å². The Morgan fingerprint density at radius 3 is 2.48 bits per heavy atom. The van der Waals surface area contributed by atoms with Crippen LogP contribution in [0.2, 0.25) is 15.1 Å². The molecule has 33 heavy (non-hydrogen) atoms. The van der Waals surface area contributed by atoms with E-state index < -0.39 is 6.04 Å². The van der Waals surface area contributed by atoms with Crippen molar-refractivity contribution in [3.05, 3.63) is 74.7 Å². The van der Waals surface area contributed by atoms with Crippen LogP contribution in [0.1, 0.15) is 24.0 Å². The van der Waals surface area contributed by atoms with Crippen molar-refractivity contribution in [3.63, 3.8) is 0 Å². The molecule has 0 saturated carbocycles. The van der Waals surface area contributed by atoms with Crippen molar-refractivity contribution in [1.82, 2.24) is 15.5 Å². The van der Waals surface area contributed by atoms with Gasteiger partial charge in [0, 0.05) is 46.8 Å². The normalized spacial score (nSPS) is 19.0. The van der Waals surface area contributed by atoms with Crippen molar-refractivity contribution in [2.45, 2.75) is 31.5 Å². The monoisotopic (exact) mass is 508 g/mol. The molecule has 0 aromatic heterocycles. The number of carbonyl (C=O) groups is 2. The van der Waals surface area contributed by atoms with Gasteiger partial charge in [0.1, 0.15) is 0 Å². The van der Waals surface area contributed by atoms with Crippen LogP contribution in [0.4, 0.5) is 0 Å². The molecule has 2 unspecified atom stereocenters. The van der Waals surface area contributed by atoms with Gasteiger partial charge in [-0.3, -0.25) is 9.59 Å².